The van der Waals surface area contributed by atoms with Gasteiger partial charge in [0.05, 0.1) is 0 Å². The van der Waals surface area contributed by atoms with E-state index in [1.807, 2.05) is 0 Å². The van der Waals surface area contributed by atoms with Crippen molar-refractivity contribution in [2.75, 3.05) is 26.2 Å². The van der Waals surface area contributed by atoms with E-state index in [9.17, 15) is 0 Å². The Labute approximate surface area is 190 Å². The summed E-state index contributed by atoms with van der Waals surface area (Å²) in [5.41, 5.74) is 13.3. The van der Waals surface area contributed by atoms with E-state index in [2.05, 4.69) is 65.6 Å². The second-order valence-corrected chi connectivity index (χ2v) is 9.54. The zero-order chi connectivity index (χ0) is 23.3. The number of hydrogen-bond donors (Lipinski definition) is 3. The van der Waals surface area contributed by atoms with Gasteiger partial charge in [-0.25, -0.2) is 0 Å². The molecule has 0 saturated carbocycles. The van der Waals surface area contributed by atoms with Gasteiger partial charge in [0.2, 0.25) is 0 Å². The molecule has 0 atom stereocenters. The largest absolute Gasteiger partial charge is 0.329 e. The quantitative estimate of drug-likeness (QED) is 0.248. The molecule has 0 heterocycles. The Balaban J connectivity index is 5.86. The number of rotatable bonds is 19. The Morgan fingerprint density at radius 3 is 1.63 bits per heavy atom. The standard InChI is InChI=1S/C26H58N4/c1-9-23(10-2)29-20-17-24(11-3,12-4)26(15-7,16-8)30(22-19-27)21-18-25(28,13-5)14-6/h23,29H,9-22,27-28H2,1-8H3. The normalized spacial score (nSPS) is 13.6. The minimum absolute atomic E-state index is 0.0574. The van der Waals surface area contributed by atoms with Gasteiger partial charge in [-0.3, -0.25) is 4.90 Å². The lowest BCUT2D eigenvalue weighted by atomic mass is 9.60. The van der Waals surface area contributed by atoms with Crippen molar-refractivity contribution in [2.45, 2.75) is 137 Å². The van der Waals surface area contributed by atoms with Gasteiger partial charge in [0.25, 0.3) is 0 Å². The van der Waals surface area contributed by atoms with Gasteiger partial charge < -0.3 is 16.8 Å². The smallest absolute Gasteiger partial charge is 0.0261 e. The fourth-order valence-corrected chi connectivity index (χ4v) is 6.03. The van der Waals surface area contributed by atoms with Crippen molar-refractivity contribution in [3.05, 3.63) is 0 Å². The molecule has 30 heavy (non-hydrogen) atoms. The Kier molecular flexibility index (Phi) is 14.7. The molecule has 0 aromatic rings. The average molecular weight is 427 g/mol. The number of nitrogens with one attached hydrogen (secondary N) is 1. The summed E-state index contributed by atoms with van der Waals surface area (Å²) in [4.78, 5) is 2.75. The molecule has 0 radical (unpaired) electrons. The van der Waals surface area contributed by atoms with Crippen molar-refractivity contribution < 1.29 is 0 Å². The zero-order valence-electron chi connectivity index (χ0n) is 22.1. The lowest BCUT2D eigenvalue weighted by Gasteiger charge is -2.57. The average Bonchev–Trinajstić information content (AvgIpc) is 2.79. The molecule has 0 fully saturated rings. The monoisotopic (exact) mass is 426 g/mol. The van der Waals surface area contributed by atoms with Crippen LogP contribution in [0.4, 0.5) is 0 Å². The highest BCUT2D eigenvalue weighted by atomic mass is 15.2. The topological polar surface area (TPSA) is 67.3 Å². The van der Waals surface area contributed by atoms with Gasteiger partial charge in [-0.1, -0.05) is 55.4 Å². The first kappa shape index (κ1) is 29.8. The first-order valence-electron chi connectivity index (χ1n) is 13.2. The second kappa shape index (κ2) is 14.8. The van der Waals surface area contributed by atoms with Crippen LogP contribution in [-0.4, -0.2) is 48.2 Å². The number of nitrogens with zero attached hydrogens (tertiary/aromatic N) is 1. The number of hydrogen-bond acceptors (Lipinski definition) is 4. The molecule has 4 nitrogen and oxygen atoms in total. The van der Waals surface area contributed by atoms with E-state index in [0.717, 1.165) is 38.9 Å². The molecule has 0 aromatic heterocycles. The molecule has 0 unspecified atom stereocenters. The third-order valence-electron chi connectivity index (χ3n) is 8.82. The van der Waals surface area contributed by atoms with Crippen LogP contribution in [0.2, 0.25) is 0 Å². The van der Waals surface area contributed by atoms with Crippen molar-refractivity contribution >= 4 is 0 Å². The van der Waals surface area contributed by atoms with Crippen LogP contribution < -0.4 is 16.8 Å². The Hall–Kier alpha value is -0.160. The summed E-state index contributed by atoms with van der Waals surface area (Å²) >= 11 is 0. The molecule has 0 saturated heterocycles. The highest BCUT2D eigenvalue weighted by Crippen LogP contribution is 2.49. The molecule has 0 amide bonds. The first-order chi connectivity index (χ1) is 14.3. The first-order valence-corrected chi connectivity index (χ1v) is 13.2. The van der Waals surface area contributed by atoms with E-state index < -0.39 is 0 Å². The van der Waals surface area contributed by atoms with E-state index in [1.165, 1.54) is 44.9 Å². The molecule has 0 aliphatic rings. The van der Waals surface area contributed by atoms with Gasteiger partial charge in [0, 0.05) is 36.8 Å². The highest BCUT2D eigenvalue weighted by molar-refractivity contribution is 5.04. The van der Waals surface area contributed by atoms with Crippen molar-refractivity contribution in [1.29, 1.82) is 0 Å². The molecule has 0 aliphatic heterocycles. The fourth-order valence-electron chi connectivity index (χ4n) is 6.03. The van der Waals surface area contributed by atoms with Gasteiger partial charge in [-0.15, -0.1) is 0 Å². The summed E-state index contributed by atoms with van der Waals surface area (Å²) in [5, 5.41) is 3.85. The van der Waals surface area contributed by atoms with Crippen LogP contribution in [-0.2, 0) is 0 Å². The van der Waals surface area contributed by atoms with Crippen molar-refractivity contribution in [3.63, 3.8) is 0 Å². The third-order valence-corrected chi connectivity index (χ3v) is 8.82. The summed E-state index contributed by atoms with van der Waals surface area (Å²) in [5.74, 6) is 0. The Morgan fingerprint density at radius 1 is 0.733 bits per heavy atom. The van der Waals surface area contributed by atoms with E-state index in [4.69, 9.17) is 11.5 Å². The molecule has 0 rings (SSSR count). The summed E-state index contributed by atoms with van der Waals surface area (Å²) in [6.07, 6.45) is 11.6. The minimum atomic E-state index is -0.0574. The third kappa shape index (κ3) is 7.18. The maximum absolute atomic E-state index is 6.72. The van der Waals surface area contributed by atoms with Gasteiger partial charge in [-0.05, 0) is 76.2 Å². The fraction of sp³-hybridized carbons (Fsp3) is 1.00. The maximum Gasteiger partial charge on any atom is 0.0261 e. The summed E-state index contributed by atoms with van der Waals surface area (Å²) in [6.45, 7) is 22.5. The maximum atomic E-state index is 6.72. The van der Waals surface area contributed by atoms with Crippen LogP contribution >= 0.6 is 0 Å². The Bertz CT molecular complexity index is 407. The summed E-state index contributed by atoms with van der Waals surface area (Å²) < 4.78 is 0. The molecule has 0 bridgehead atoms. The van der Waals surface area contributed by atoms with Crippen LogP contribution in [0.5, 0.6) is 0 Å². The van der Waals surface area contributed by atoms with Gasteiger partial charge in [-0.2, -0.15) is 0 Å². The molecule has 0 spiro atoms. The molecule has 0 aliphatic carbocycles. The highest BCUT2D eigenvalue weighted by Gasteiger charge is 2.49. The second-order valence-electron chi connectivity index (χ2n) is 9.54. The molecule has 4 heteroatoms. The van der Waals surface area contributed by atoms with E-state index >= 15 is 0 Å². The molecular weight excluding hydrogens is 368 g/mol. The van der Waals surface area contributed by atoms with Crippen LogP contribution in [0, 0.1) is 5.41 Å². The predicted molar refractivity (Wildman–Crippen MR) is 136 cm³/mol. The lowest BCUT2D eigenvalue weighted by molar-refractivity contribution is -0.0582. The van der Waals surface area contributed by atoms with Crippen LogP contribution in [0.1, 0.15) is 120 Å². The van der Waals surface area contributed by atoms with Crippen molar-refractivity contribution in [2.24, 2.45) is 16.9 Å². The number of nitrogens with two attached hydrogens (primary N) is 2. The molecule has 5 N–H and O–H groups in total. The van der Waals surface area contributed by atoms with Crippen LogP contribution in [0.15, 0.2) is 0 Å². The van der Waals surface area contributed by atoms with Crippen molar-refractivity contribution in [3.8, 4) is 0 Å². The molecule has 0 aromatic carbocycles. The molecular formula is C26H58N4. The lowest BCUT2D eigenvalue weighted by Crippen LogP contribution is -2.62. The summed E-state index contributed by atoms with van der Waals surface area (Å²) in [7, 11) is 0. The zero-order valence-corrected chi connectivity index (χ0v) is 22.1. The van der Waals surface area contributed by atoms with E-state index in [-0.39, 0.29) is 11.1 Å². The predicted octanol–water partition coefficient (Wildman–Crippen LogP) is 5.69. The van der Waals surface area contributed by atoms with Gasteiger partial charge in [0.1, 0.15) is 0 Å². The van der Waals surface area contributed by atoms with Gasteiger partial charge in [0.15, 0.2) is 0 Å². The summed E-state index contributed by atoms with van der Waals surface area (Å²) in [6, 6.07) is 0.640. The molecule has 182 valence electrons. The van der Waals surface area contributed by atoms with E-state index in [1.54, 1.807) is 0 Å². The SMILES string of the molecule is CCC(CC)NCCC(CC)(CC)C(CC)(CC)N(CCN)CCC(N)(CC)CC. The van der Waals surface area contributed by atoms with Gasteiger partial charge >= 0.3 is 0 Å². The van der Waals surface area contributed by atoms with E-state index in [0.29, 0.717) is 18.0 Å². The van der Waals surface area contributed by atoms with Crippen LogP contribution in [0.25, 0.3) is 0 Å². The van der Waals surface area contributed by atoms with Crippen LogP contribution in [0.3, 0.4) is 0 Å². The van der Waals surface area contributed by atoms with Crippen molar-refractivity contribution in [1.82, 2.24) is 10.2 Å². The minimum Gasteiger partial charge on any atom is -0.329 e. The Morgan fingerprint density at radius 2 is 1.27 bits per heavy atom.